The van der Waals surface area contributed by atoms with Gasteiger partial charge in [0.25, 0.3) is 0 Å². The Morgan fingerprint density at radius 3 is 2.38 bits per heavy atom. The molecule has 1 aliphatic rings. The lowest BCUT2D eigenvalue weighted by atomic mass is 9.82. The number of nitrogens with one attached hydrogen (secondary N) is 1. The van der Waals surface area contributed by atoms with Crippen LogP contribution in [0.3, 0.4) is 0 Å². The number of anilines is 1. The lowest BCUT2D eigenvalue weighted by molar-refractivity contribution is 0.240. The lowest BCUT2D eigenvalue weighted by Crippen LogP contribution is -2.39. The summed E-state index contributed by atoms with van der Waals surface area (Å²) in [5.41, 5.74) is 7.23. The Kier molecular flexibility index (Phi) is 3.63. The van der Waals surface area contributed by atoms with E-state index in [4.69, 9.17) is 28.9 Å². The zero-order valence-electron chi connectivity index (χ0n) is 9.26. The zero-order chi connectivity index (χ0) is 11.7. The fourth-order valence-electron chi connectivity index (χ4n) is 2.07. The van der Waals surface area contributed by atoms with E-state index in [1.807, 2.05) is 12.1 Å². The molecule has 3 N–H and O–H groups in total. The van der Waals surface area contributed by atoms with Crippen molar-refractivity contribution in [1.29, 1.82) is 0 Å². The average molecular weight is 259 g/mol. The van der Waals surface area contributed by atoms with E-state index in [-0.39, 0.29) is 0 Å². The quantitative estimate of drug-likeness (QED) is 0.816. The summed E-state index contributed by atoms with van der Waals surface area (Å²) in [4.78, 5) is 0. The summed E-state index contributed by atoms with van der Waals surface area (Å²) in [6.07, 6.45) is 2.52. The largest absolute Gasteiger partial charge is 0.396 e. The van der Waals surface area contributed by atoms with Crippen LogP contribution >= 0.6 is 23.2 Å². The highest BCUT2D eigenvalue weighted by Crippen LogP contribution is 2.30. The van der Waals surface area contributed by atoms with Crippen molar-refractivity contribution in [2.24, 2.45) is 5.92 Å². The SMILES string of the molecule is CC1CC(NCc2cc(Cl)c(N)c(Cl)c2)C1. The van der Waals surface area contributed by atoms with Crippen LogP contribution in [0.25, 0.3) is 0 Å². The molecule has 1 aromatic carbocycles. The molecule has 1 aromatic rings. The highest BCUT2D eigenvalue weighted by molar-refractivity contribution is 6.38. The third kappa shape index (κ3) is 2.62. The molecule has 0 unspecified atom stereocenters. The highest BCUT2D eigenvalue weighted by atomic mass is 35.5. The molecule has 0 atom stereocenters. The molecule has 0 saturated heterocycles. The molecule has 0 aliphatic heterocycles. The molecule has 2 rings (SSSR count). The molecule has 2 nitrogen and oxygen atoms in total. The van der Waals surface area contributed by atoms with E-state index in [1.165, 1.54) is 12.8 Å². The minimum atomic E-state index is 0.462. The number of hydrogen-bond donors (Lipinski definition) is 2. The van der Waals surface area contributed by atoms with Gasteiger partial charge in [-0.15, -0.1) is 0 Å². The Labute approximate surface area is 106 Å². The standard InChI is InChI=1S/C12H16Cl2N2/c1-7-2-9(3-7)16-6-8-4-10(13)12(15)11(14)5-8/h4-5,7,9,16H,2-3,6,15H2,1H3. The molecular weight excluding hydrogens is 243 g/mol. The molecule has 88 valence electrons. The van der Waals surface area contributed by atoms with Gasteiger partial charge in [-0.05, 0) is 36.5 Å². The second kappa shape index (κ2) is 4.82. The van der Waals surface area contributed by atoms with Crippen LogP contribution < -0.4 is 11.1 Å². The van der Waals surface area contributed by atoms with Crippen molar-refractivity contribution in [1.82, 2.24) is 5.32 Å². The summed E-state index contributed by atoms with van der Waals surface area (Å²) in [5, 5.41) is 4.55. The van der Waals surface area contributed by atoms with Gasteiger partial charge in [0.2, 0.25) is 0 Å². The summed E-state index contributed by atoms with van der Waals surface area (Å²) in [6.45, 7) is 3.08. The lowest BCUT2D eigenvalue weighted by Gasteiger charge is -2.33. The van der Waals surface area contributed by atoms with Gasteiger partial charge in [-0.1, -0.05) is 30.1 Å². The topological polar surface area (TPSA) is 38.0 Å². The number of halogens is 2. The van der Waals surface area contributed by atoms with Gasteiger partial charge in [-0.25, -0.2) is 0 Å². The van der Waals surface area contributed by atoms with E-state index in [0.717, 1.165) is 18.0 Å². The fraction of sp³-hybridized carbons (Fsp3) is 0.500. The van der Waals surface area contributed by atoms with Crippen molar-refractivity contribution in [2.75, 3.05) is 5.73 Å². The molecule has 1 fully saturated rings. The summed E-state index contributed by atoms with van der Waals surface area (Å²) in [6, 6.07) is 4.39. The van der Waals surface area contributed by atoms with E-state index in [9.17, 15) is 0 Å². The molecule has 1 aliphatic carbocycles. The van der Waals surface area contributed by atoms with Crippen molar-refractivity contribution >= 4 is 28.9 Å². The van der Waals surface area contributed by atoms with E-state index in [2.05, 4.69) is 12.2 Å². The first-order valence-corrected chi connectivity index (χ1v) is 6.28. The summed E-state index contributed by atoms with van der Waals surface area (Å²) < 4.78 is 0. The van der Waals surface area contributed by atoms with E-state index in [1.54, 1.807) is 0 Å². The van der Waals surface area contributed by atoms with Crippen LogP contribution in [0.5, 0.6) is 0 Å². The zero-order valence-corrected chi connectivity index (χ0v) is 10.8. The molecule has 0 aromatic heterocycles. The number of nitrogen functional groups attached to an aromatic ring is 1. The fourth-order valence-corrected chi connectivity index (χ4v) is 2.60. The molecule has 0 spiro atoms. The van der Waals surface area contributed by atoms with E-state index >= 15 is 0 Å². The van der Waals surface area contributed by atoms with Crippen LogP contribution in [0.4, 0.5) is 5.69 Å². The first kappa shape index (κ1) is 12.0. The van der Waals surface area contributed by atoms with Crippen LogP contribution in [0.15, 0.2) is 12.1 Å². The number of benzene rings is 1. The monoisotopic (exact) mass is 258 g/mol. The number of hydrogen-bond acceptors (Lipinski definition) is 2. The number of rotatable bonds is 3. The molecular formula is C12H16Cl2N2. The van der Waals surface area contributed by atoms with Gasteiger partial charge in [-0.3, -0.25) is 0 Å². The molecule has 4 heteroatoms. The Morgan fingerprint density at radius 1 is 1.31 bits per heavy atom. The first-order chi connectivity index (χ1) is 7.56. The van der Waals surface area contributed by atoms with Gasteiger partial charge in [-0.2, -0.15) is 0 Å². The molecule has 0 bridgehead atoms. The van der Waals surface area contributed by atoms with Crippen LogP contribution in [0.2, 0.25) is 10.0 Å². The number of nitrogens with two attached hydrogens (primary N) is 1. The maximum Gasteiger partial charge on any atom is 0.0693 e. The third-order valence-corrected chi connectivity index (χ3v) is 3.73. The smallest absolute Gasteiger partial charge is 0.0693 e. The predicted molar refractivity (Wildman–Crippen MR) is 69.9 cm³/mol. The van der Waals surface area contributed by atoms with Crippen molar-refractivity contribution in [3.05, 3.63) is 27.7 Å². The third-order valence-electron chi connectivity index (χ3n) is 3.11. The maximum absolute atomic E-state index is 5.97. The molecule has 16 heavy (non-hydrogen) atoms. The first-order valence-electron chi connectivity index (χ1n) is 5.53. The second-order valence-corrected chi connectivity index (χ2v) is 5.44. The van der Waals surface area contributed by atoms with Gasteiger partial charge in [0.15, 0.2) is 0 Å². The molecule has 0 heterocycles. The minimum absolute atomic E-state index is 0.462. The Bertz CT molecular complexity index is 364. The summed E-state index contributed by atoms with van der Waals surface area (Å²) in [5.74, 6) is 0.857. The highest BCUT2D eigenvalue weighted by Gasteiger charge is 2.24. The molecule has 0 radical (unpaired) electrons. The molecule has 0 amide bonds. The van der Waals surface area contributed by atoms with Crippen LogP contribution in [0.1, 0.15) is 25.3 Å². The Balaban J connectivity index is 1.94. The normalized spacial score (nSPS) is 24.2. The van der Waals surface area contributed by atoms with Gasteiger partial charge in [0.05, 0.1) is 15.7 Å². The van der Waals surface area contributed by atoms with Crippen molar-refractivity contribution in [3.63, 3.8) is 0 Å². The maximum atomic E-state index is 5.97. The average Bonchev–Trinajstić information content (AvgIpc) is 2.19. The van der Waals surface area contributed by atoms with Crippen LogP contribution in [-0.2, 0) is 6.54 Å². The summed E-state index contributed by atoms with van der Waals surface area (Å²) >= 11 is 11.9. The van der Waals surface area contributed by atoms with Gasteiger partial charge in [0, 0.05) is 12.6 Å². The molecule has 1 saturated carbocycles. The predicted octanol–water partition coefficient (Wildman–Crippen LogP) is 3.46. The van der Waals surface area contributed by atoms with E-state index in [0.29, 0.717) is 21.8 Å². The van der Waals surface area contributed by atoms with Gasteiger partial charge in [0.1, 0.15) is 0 Å². The van der Waals surface area contributed by atoms with E-state index < -0.39 is 0 Å². The van der Waals surface area contributed by atoms with Crippen LogP contribution in [-0.4, -0.2) is 6.04 Å². The Hall–Kier alpha value is -0.440. The van der Waals surface area contributed by atoms with Crippen molar-refractivity contribution in [3.8, 4) is 0 Å². The van der Waals surface area contributed by atoms with Crippen molar-refractivity contribution < 1.29 is 0 Å². The van der Waals surface area contributed by atoms with Crippen LogP contribution in [0, 0.1) is 5.92 Å². The second-order valence-electron chi connectivity index (χ2n) is 4.63. The Morgan fingerprint density at radius 2 is 1.88 bits per heavy atom. The van der Waals surface area contributed by atoms with Gasteiger partial charge < -0.3 is 11.1 Å². The van der Waals surface area contributed by atoms with Crippen molar-refractivity contribution in [2.45, 2.75) is 32.4 Å². The summed E-state index contributed by atoms with van der Waals surface area (Å²) in [7, 11) is 0. The minimum Gasteiger partial charge on any atom is -0.396 e. The van der Waals surface area contributed by atoms with Gasteiger partial charge >= 0.3 is 0 Å².